The maximum absolute atomic E-state index is 11.4. The molecular formula is C51H104O4. The van der Waals surface area contributed by atoms with Gasteiger partial charge in [-0.2, -0.15) is 0 Å². The molecule has 0 aromatic rings. The van der Waals surface area contributed by atoms with E-state index in [9.17, 15) is 4.79 Å². The molecule has 0 spiro atoms. The van der Waals surface area contributed by atoms with Crippen molar-refractivity contribution >= 4 is 5.97 Å². The fraction of sp³-hybridized carbons (Fsp3) is 0.980. The first-order valence-corrected chi connectivity index (χ1v) is 24.8. The van der Waals surface area contributed by atoms with Gasteiger partial charge in [0.2, 0.25) is 0 Å². The maximum Gasteiger partial charge on any atom is 0.305 e. The molecule has 0 heterocycles. The van der Waals surface area contributed by atoms with Crippen molar-refractivity contribution in [2.24, 2.45) is 35.5 Å². The normalized spacial score (nSPS) is 14.4. The van der Waals surface area contributed by atoms with Crippen LogP contribution >= 0.6 is 0 Å². The summed E-state index contributed by atoms with van der Waals surface area (Å²) in [6.07, 6.45) is 42.2. The molecule has 4 heteroatoms. The minimum Gasteiger partial charge on any atom is -0.463 e. The molecule has 2 N–H and O–H groups in total. The van der Waals surface area contributed by atoms with Crippen LogP contribution in [0.2, 0.25) is 0 Å². The van der Waals surface area contributed by atoms with E-state index in [-0.39, 0.29) is 19.2 Å². The van der Waals surface area contributed by atoms with Crippen molar-refractivity contribution in [2.45, 2.75) is 274 Å². The topological polar surface area (TPSA) is 66.8 Å². The Kier molecular flexibility index (Phi) is 44.1. The van der Waals surface area contributed by atoms with Crippen molar-refractivity contribution in [1.29, 1.82) is 0 Å². The molecule has 4 nitrogen and oxygen atoms in total. The van der Waals surface area contributed by atoms with E-state index in [1.807, 2.05) is 0 Å². The number of hydrogen-bond donors (Lipinski definition) is 2. The van der Waals surface area contributed by atoms with E-state index in [1.54, 1.807) is 0 Å². The number of hydrogen-bond acceptors (Lipinski definition) is 4. The summed E-state index contributed by atoms with van der Waals surface area (Å²) in [5.41, 5.74) is 0. The maximum atomic E-state index is 11.4. The van der Waals surface area contributed by atoms with Crippen LogP contribution in [0.25, 0.3) is 0 Å². The highest BCUT2D eigenvalue weighted by Gasteiger charge is 2.10. The summed E-state index contributed by atoms with van der Waals surface area (Å²) in [5.74, 6) is 5.24. The third kappa shape index (κ3) is 47.7. The number of ether oxygens (including phenoxy) is 1. The van der Waals surface area contributed by atoms with E-state index in [2.05, 4.69) is 62.3 Å². The molecule has 0 amide bonds. The second kappa shape index (κ2) is 43.0. The third-order valence-corrected chi connectivity index (χ3v) is 12.0. The van der Waals surface area contributed by atoms with Gasteiger partial charge in [-0.3, -0.25) is 4.79 Å². The highest BCUT2D eigenvalue weighted by atomic mass is 16.5. The predicted octanol–water partition coefficient (Wildman–Crippen LogP) is 16.2. The van der Waals surface area contributed by atoms with Gasteiger partial charge in [0.05, 0.1) is 6.61 Å². The second-order valence-electron chi connectivity index (χ2n) is 19.4. The van der Waals surface area contributed by atoms with E-state index in [1.165, 1.54) is 186 Å². The van der Waals surface area contributed by atoms with Crippen molar-refractivity contribution in [3.63, 3.8) is 0 Å². The van der Waals surface area contributed by atoms with Crippen LogP contribution in [0.4, 0.5) is 0 Å². The summed E-state index contributed by atoms with van der Waals surface area (Å²) in [4.78, 5) is 11.4. The van der Waals surface area contributed by atoms with Gasteiger partial charge >= 0.3 is 5.97 Å². The van der Waals surface area contributed by atoms with Gasteiger partial charge < -0.3 is 14.9 Å². The lowest BCUT2D eigenvalue weighted by Crippen LogP contribution is -2.21. The summed E-state index contributed by atoms with van der Waals surface area (Å²) < 4.78 is 4.86. The van der Waals surface area contributed by atoms with Gasteiger partial charge in [-0.25, -0.2) is 0 Å². The number of aliphatic hydroxyl groups excluding tert-OH is 2. The van der Waals surface area contributed by atoms with Crippen LogP contribution in [0.1, 0.15) is 268 Å². The molecule has 0 fully saturated rings. The smallest absolute Gasteiger partial charge is 0.305 e. The number of rotatable bonds is 40. The van der Waals surface area contributed by atoms with Crippen molar-refractivity contribution in [3.8, 4) is 0 Å². The van der Waals surface area contributed by atoms with Crippen LogP contribution < -0.4 is 0 Å². The summed E-state index contributed by atoms with van der Waals surface area (Å²) in [5, 5.41) is 17.7. The van der Waals surface area contributed by atoms with Crippen molar-refractivity contribution < 1.29 is 19.7 Å². The van der Waals surface area contributed by atoms with Crippen LogP contribution in [0, 0.1) is 35.5 Å². The lowest BCUT2D eigenvalue weighted by atomic mass is 9.90. The van der Waals surface area contributed by atoms with E-state index < -0.39 is 6.10 Å². The molecule has 0 radical (unpaired) electrons. The monoisotopic (exact) mass is 781 g/mol. The predicted molar refractivity (Wildman–Crippen MR) is 244 cm³/mol. The molecule has 5 atom stereocenters. The molecule has 332 valence electrons. The largest absolute Gasteiger partial charge is 0.463 e. The minimum absolute atomic E-state index is 0.103. The molecule has 0 aliphatic rings. The number of unbranched alkanes of at least 4 members (excludes halogenated alkanes) is 15. The highest BCUT2D eigenvalue weighted by molar-refractivity contribution is 5.69. The first-order valence-electron chi connectivity index (χ1n) is 24.8. The van der Waals surface area contributed by atoms with Gasteiger partial charge in [-0.05, 0) is 41.9 Å². The van der Waals surface area contributed by atoms with Crippen molar-refractivity contribution in [2.75, 3.05) is 13.2 Å². The van der Waals surface area contributed by atoms with E-state index in [4.69, 9.17) is 14.9 Å². The van der Waals surface area contributed by atoms with Gasteiger partial charge in [0.25, 0.3) is 0 Å². The molecule has 0 bridgehead atoms. The van der Waals surface area contributed by atoms with Gasteiger partial charge in [-0.15, -0.1) is 0 Å². The molecule has 0 aromatic heterocycles. The molecule has 5 unspecified atom stereocenters. The summed E-state index contributed by atoms with van der Waals surface area (Å²) >= 11 is 0. The van der Waals surface area contributed by atoms with Crippen molar-refractivity contribution in [1.82, 2.24) is 0 Å². The average molecular weight is 781 g/mol. The SMILES string of the molecule is CC(C)CCCC(C)CCCC(C)CCCCC(C)CCCC(C)CCCC(C)C.CCCCCCCCCCCCCCCCCC(=O)OCC(O)CO. The van der Waals surface area contributed by atoms with E-state index >= 15 is 0 Å². The number of aliphatic hydroxyl groups is 2. The number of esters is 1. The first-order chi connectivity index (χ1) is 26.4. The van der Waals surface area contributed by atoms with Gasteiger partial charge in [0, 0.05) is 6.42 Å². The standard InChI is InChI=1S/C30H62.C21H42O4/c1-25(2)15-11-19-29(7)23-13-21-27(5)17-9-10-18-28(6)22-14-24-30(8)20-12-16-26(3)4;1-2-3-4-5-6-7-8-9-10-11-12-13-14-15-16-17-21(24)25-19-20(23)18-22/h25-30H,9-24H2,1-8H3;20,22-23H,2-19H2,1H3. The van der Waals surface area contributed by atoms with Gasteiger partial charge in [-0.1, -0.05) is 255 Å². The third-order valence-electron chi connectivity index (χ3n) is 12.0. The Morgan fingerprint density at radius 3 is 1.02 bits per heavy atom. The number of carbonyl (C=O) groups is 1. The highest BCUT2D eigenvalue weighted by Crippen LogP contribution is 2.24. The van der Waals surface area contributed by atoms with Gasteiger partial charge in [0.15, 0.2) is 0 Å². The molecular weight excluding hydrogens is 677 g/mol. The molecule has 0 rings (SSSR count). The Bertz CT molecular complexity index is 717. The van der Waals surface area contributed by atoms with Crippen LogP contribution in [-0.4, -0.2) is 35.5 Å². The Labute approximate surface area is 347 Å². The van der Waals surface area contributed by atoms with E-state index in [0.717, 1.165) is 48.3 Å². The zero-order valence-corrected chi connectivity index (χ0v) is 39.3. The molecule has 0 aliphatic heterocycles. The number of carbonyl (C=O) groups excluding carboxylic acids is 1. The Morgan fingerprint density at radius 2 is 0.709 bits per heavy atom. The molecule has 55 heavy (non-hydrogen) atoms. The fourth-order valence-electron chi connectivity index (χ4n) is 7.90. The lowest BCUT2D eigenvalue weighted by Gasteiger charge is -2.16. The molecule has 0 aromatic carbocycles. The molecule has 0 saturated carbocycles. The quantitative estimate of drug-likeness (QED) is 0.0480. The summed E-state index contributed by atoms with van der Waals surface area (Å²) in [7, 11) is 0. The van der Waals surface area contributed by atoms with E-state index in [0.29, 0.717) is 6.42 Å². The van der Waals surface area contributed by atoms with Crippen LogP contribution in [0.15, 0.2) is 0 Å². The first kappa shape index (κ1) is 56.5. The second-order valence-corrected chi connectivity index (χ2v) is 19.4. The van der Waals surface area contributed by atoms with Crippen molar-refractivity contribution in [3.05, 3.63) is 0 Å². The minimum atomic E-state index is -0.954. The van der Waals surface area contributed by atoms with Crippen LogP contribution in [0.3, 0.4) is 0 Å². The lowest BCUT2D eigenvalue weighted by molar-refractivity contribution is -0.147. The average Bonchev–Trinajstić information content (AvgIpc) is 3.14. The fourth-order valence-corrected chi connectivity index (χ4v) is 7.90. The molecule has 0 saturated heterocycles. The van der Waals surface area contributed by atoms with Crippen LogP contribution in [-0.2, 0) is 9.53 Å². The summed E-state index contributed by atoms with van der Waals surface area (Å²) in [6, 6.07) is 0. The molecule has 0 aliphatic carbocycles. The Hall–Kier alpha value is -0.610. The zero-order valence-electron chi connectivity index (χ0n) is 39.3. The van der Waals surface area contributed by atoms with Crippen LogP contribution in [0.5, 0.6) is 0 Å². The Morgan fingerprint density at radius 1 is 0.418 bits per heavy atom. The zero-order chi connectivity index (χ0) is 41.4. The summed E-state index contributed by atoms with van der Waals surface area (Å²) in [6.45, 7) is 21.1. The Balaban J connectivity index is 0. The van der Waals surface area contributed by atoms with Gasteiger partial charge in [0.1, 0.15) is 12.7 Å².